The monoisotopic (exact) mass is 496 g/mol. The van der Waals surface area contributed by atoms with E-state index in [0.717, 1.165) is 44.9 Å². The Hall–Kier alpha value is -0.910. The third kappa shape index (κ3) is 3.79. The van der Waals surface area contributed by atoms with Gasteiger partial charge in [0.15, 0.2) is 0 Å². The lowest BCUT2D eigenvalue weighted by Gasteiger charge is -2.62. The van der Waals surface area contributed by atoms with Crippen molar-refractivity contribution < 1.29 is 23.9 Å². The molecule has 4 rings (SSSR count). The molecule has 0 aliphatic heterocycles. The lowest BCUT2D eigenvalue weighted by molar-refractivity contribution is -0.195. The van der Waals surface area contributed by atoms with E-state index in [1.165, 1.54) is 20.3 Å². The average Bonchev–Trinajstić information content (AvgIpc) is 3.06. The second-order valence-electron chi connectivity index (χ2n) is 11.1. The highest BCUT2D eigenvalue weighted by Gasteiger charge is 2.65. The maximum absolute atomic E-state index is 12.9. The third-order valence-corrected chi connectivity index (χ3v) is 10.4. The third-order valence-electron chi connectivity index (χ3n) is 9.85. The van der Waals surface area contributed by atoms with Crippen molar-refractivity contribution >= 4 is 33.7 Å². The highest BCUT2D eigenvalue weighted by atomic mass is 79.9. The molecule has 0 aromatic rings. The first-order chi connectivity index (χ1) is 14.6. The molecular formula is C25H37BrO5. The fourth-order valence-corrected chi connectivity index (χ4v) is 8.88. The van der Waals surface area contributed by atoms with Crippen molar-refractivity contribution in [2.75, 3.05) is 5.33 Å². The van der Waals surface area contributed by atoms with E-state index in [4.69, 9.17) is 9.47 Å². The molecule has 4 aliphatic rings. The van der Waals surface area contributed by atoms with Gasteiger partial charge in [-0.05, 0) is 80.5 Å². The molecule has 31 heavy (non-hydrogen) atoms. The van der Waals surface area contributed by atoms with Crippen molar-refractivity contribution in [2.24, 2.45) is 40.4 Å². The number of halogens is 1. The van der Waals surface area contributed by atoms with Crippen LogP contribution in [0.4, 0.5) is 0 Å². The number of carbonyl (C=O) groups is 3. The molecule has 0 amide bonds. The van der Waals surface area contributed by atoms with Gasteiger partial charge in [0.1, 0.15) is 18.0 Å². The van der Waals surface area contributed by atoms with Gasteiger partial charge in [0.05, 0.1) is 5.33 Å². The number of fused-ring (bicyclic) bond motifs is 5. The number of rotatable bonds is 4. The average molecular weight is 497 g/mol. The van der Waals surface area contributed by atoms with E-state index in [1.807, 2.05) is 0 Å². The highest BCUT2D eigenvalue weighted by molar-refractivity contribution is 9.09. The Bertz CT molecular complexity index is 752. The topological polar surface area (TPSA) is 69.7 Å². The van der Waals surface area contributed by atoms with Crippen molar-refractivity contribution in [1.29, 1.82) is 0 Å². The fraction of sp³-hybridized carbons (Fsp3) is 0.880. The minimum atomic E-state index is -0.268. The Morgan fingerprint density at radius 2 is 1.61 bits per heavy atom. The smallest absolute Gasteiger partial charge is 0.302 e. The second kappa shape index (κ2) is 8.46. The van der Waals surface area contributed by atoms with E-state index < -0.39 is 0 Å². The first-order valence-electron chi connectivity index (χ1n) is 12.0. The molecule has 0 bridgehead atoms. The number of ketones is 1. The zero-order valence-electron chi connectivity index (χ0n) is 19.3. The summed E-state index contributed by atoms with van der Waals surface area (Å²) in [5.41, 5.74) is -0.0906. The van der Waals surface area contributed by atoms with Crippen LogP contribution in [0.15, 0.2) is 0 Å². The summed E-state index contributed by atoms with van der Waals surface area (Å²) >= 11 is 3.39. The second-order valence-corrected chi connectivity index (χ2v) is 11.7. The molecule has 0 radical (unpaired) electrons. The number of carbonyl (C=O) groups excluding carboxylic acids is 3. The minimum Gasteiger partial charge on any atom is -0.463 e. The van der Waals surface area contributed by atoms with Gasteiger partial charge >= 0.3 is 11.9 Å². The van der Waals surface area contributed by atoms with Crippen LogP contribution < -0.4 is 0 Å². The molecule has 5 nitrogen and oxygen atoms in total. The number of esters is 2. The highest BCUT2D eigenvalue weighted by Crippen LogP contribution is 2.68. The summed E-state index contributed by atoms with van der Waals surface area (Å²) in [4.78, 5) is 36.4. The van der Waals surface area contributed by atoms with E-state index in [2.05, 4.69) is 29.8 Å². The molecule has 4 saturated carbocycles. The Morgan fingerprint density at radius 3 is 2.26 bits per heavy atom. The van der Waals surface area contributed by atoms with Gasteiger partial charge in [0.2, 0.25) is 0 Å². The summed E-state index contributed by atoms with van der Waals surface area (Å²) in [5.74, 6) is 1.83. The van der Waals surface area contributed by atoms with Crippen LogP contribution in [0.5, 0.6) is 0 Å². The quantitative estimate of drug-likeness (QED) is 0.400. The Balaban J connectivity index is 1.64. The molecule has 0 heterocycles. The number of hydrogen-bond acceptors (Lipinski definition) is 5. The van der Waals surface area contributed by atoms with Crippen LogP contribution >= 0.6 is 15.9 Å². The molecule has 0 saturated heterocycles. The van der Waals surface area contributed by atoms with Crippen molar-refractivity contribution in [2.45, 2.75) is 91.3 Å². The summed E-state index contributed by atoms with van der Waals surface area (Å²) in [6.07, 6.45) is 7.90. The number of ether oxygens (including phenoxy) is 2. The maximum Gasteiger partial charge on any atom is 0.302 e. The van der Waals surface area contributed by atoms with Gasteiger partial charge < -0.3 is 9.47 Å². The molecule has 6 heteroatoms. The van der Waals surface area contributed by atoms with Crippen molar-refractivity contribution in [1.82, 2.24) is 0 Å². The van der Waals surface area contributed by atoms with Crippen molar-refractivity contribution in [3.05, 3.63) is 0 Å². The van der Waals surface area contributed by atoms with Crippen LogP contribution in [0.3, 0.4) is 0 Å². The van der Waals surface area contributed by atoms with Crippen molar-refractivity contribution in [3.8, 4) is 0 Å². The maximum atomic E-state index is 12.9. The standard InChI is InChI=1S/C25H37BrO5/c1-14(27)30-17-9-10-24(3)16(11-17)5-6-18-19-7-8-20(22(29)13-26)25(19,4)23(12-21(18)24)31-15(2)28/h16-21,23H,5-13H2,1-4H3/t16?,17?,18-,19-,20+,21-,23?,24-,25-/m0/s1. The van der Waals surface area contributed by atoms with E-state index in [1.54, 1.807) is 0 Å². The van der Waals surface area contributed by atoms with E-state index in [9.17, 15) is 14.4 Å². The van der Waals surface area contributed by atoms with Crippen LogP contribution in [-0.4, -0.2) is 35.3 Å². The van der Waals surface area contributed by atoms with Crippen LogP contribution in [0.25, 0.3) is 0 Å². The molecule has 0 aromatic heterocycles. The zero-order chi connectivity index (χ0) is 22.6. The summed E-state index contributed by atoms with van der Waals surface area (Å²) in [5, 5.41) is 0.373. The fourth-order valence-electron chi connectivity index (χ4n) is 8.49. The molecule has 0 aromatic carbocycles. The molecule has 0 N–H and O–H groups in total. The van der Waals surface area contributed by atoms with E-state index in [0.29, 0.717) is 29.0 Å². The molecular weight excluding hydrogens is 460 g/mol. The first kappa shape index (κ1) is 23.3. The van der Waals surface area contributed by atoms with Gasteiger partial charge in [0, 0.05) is 25.2 Å². The van der Waals surface area contributed by atoms with Crippen LogP contribution in [-0.2, 0) is 23.9 Å². The molecule has 4 aliphatic carbocycles. The van der Waals surface area contributed by atoms with Gasteiger partial charge in [-0.3, -0.25) is 14.4 Å². The lowest BCUT2D eigenvalue weighted by Crippen LogP contribution is -2.60. The van der Waals surface area contributed by atoms with Crippen LogP contribution in [0.1, 0.15) is 79.1 Å². The molecule has 0 spiro atoms. The number of Topliss-reactive ketones (excluding diaryl/α,β-unsaturated/α-hetero) is 1. The van der Waals surface area contributed by atoms with Crippen molar-refractivity contribution in [3.63, 3.8) is 0 Å². The minimum absolute atomic E-state index is 0.0348. The van der Waals surface area contributed by atoms with Gasteiger partial charge in [-0.1, -0.05) is 29.8 Å². The SMILES string of the molecule is CC(=O)OC1CC[C@@]2(C)C(CC[C@H]3[C@@H]4CC[C@H](C(=O)CBr)[C@@]4(C)C(OC(C)=O)C[C@@H]32)C1. The van der Waals surface area contributed by atoms with E-state index in [-0.39, 0.29) is 46.7 Å². The molecule has 174 valence electrons. The normalized spacial score (nSPS) is 46.3. The van der Waals surface area contributed by atoms with Gasteiger partial charge in [-0.2, -0.15) is 0 Å². The zero-order valence-corrected chi connectivity index (χ0v) is 20.9. The molecule has 9 atom stereocenters. The number of hydrogen-bond donors (Lipinski definition) is 0. The predicted molar refractivity (Wildman–Crippen MR) is 121 cm³/mol. The lowest BCUT2D eigenvalue weighted by atomic mass is 9.44. The Labute approximate surface area is 194 Å². The van der Waals surface area contributed by atoms with Gasteiger partial charge in [-0.25, -0.2) is 0 Å². The molecule has 3 unspecified atom stereocenters. The van der Waals surface area contributed by atoms with Crippen LogP contribution in [0, 0.1) is 40.4 Å². The Kier molecular flexibility index (Phi) is 6.35. The predicted octanol–water partition coefficient (Wildman–Crippen LogP) is 5.08. The van der Waals surface area contributed by atoms with Gasteiger partial charge in [0.25, 0.3) is 0 Å². The first-order valence-corrected chi connectivity index (χ1v) is 13.2. The summed E-state index contributed by atoms with van der Waals surface area (Å²) in [6.45, 7) is 7.66. The molecule has 4 fully saturated rings. The summed E-state index contributed by atoms with van der Waals surface area (Å²) in [7, 11) is 0. The Morgan fingerprint density at radius 1 is 0.903 bits per heavy atom. The summed E-state index contributed by atoms with van der Waals surface area (Å²) in [6, 6.07) is 0. The van der Waals surface area contributed by atoms with Gasteiger partial charge in [-0.15, -0.1) is 0 Å². The van der Waals surface area contributed by atoms with Crippen LogP contribution in [0.2, 0.25) is 0 Å². The number of alkyl halides is 1. The summed E-state index contributed by atoms with van der Waals surface area (Å²) < 4.78 is 11.6. The van der Waals surface area contributed by atoms with E-state index >= 15 is 0 Å². The largest absolute Gasteiger partial charge is 0.463 e.